The van der Waals surface area contributed by atoms with E-state index in [1.807, 2.05) is 39.0 Å². The molecule has 0 amide bonds. The number of Topliss-reactive ketones (excluding diaryl/α,β-unsaturated/α-hetero) is 1. The molecule has 28 heavy (non-hydrogen) atoms. The van der Waals surface area contributed by atoms with Crippen molar-refractivity contribution in [1.29, 1.82) is 0 Å². The van der Waals surface area contributed by atoms with Gasteiger partial charge in [-0.25, -0.2) is 8.42 Å². The number of carbonyl (C=O) groups is 1. The maximum Gasteiger partial charge on any atom is 0.262 e. The molecule has 6 heteroatoms. The number of aryl methyl sites for hydroxylation is 4. The number of aromatic nitrogens is 1. The predicted octanol–water partition coefficient (Wildman–Crippen LogP) is 4.67. The average Bonchev–Trinajstić information content (AvgIpc) is 3.01. The highest BCUT2D eigenvalue weighted by atomic mass is 32.2. The topological polar surface area (TPSA) is 79.0 Å². The van der Waals surface area contributed by atoms with Crippen LogP contribution in [-0.2, 0) is 22.9 Å². The van der Waals surface area contributed by atoms with Crippen LogP contribution in [-0.4, -0.2) is 19.2 Å². The van der Waals surface area contributed by atoms with Gasteiger partial charge in [-0.1, -0.05) is 24.6 Å². The first-order valence-corrected chi connectivity index (χ1v) is 11.1. The van der Waals surface area contributed by atoms with E-state index in [1.54, 1.807) is 12.1 Å². The fraction of sp³-hybridized carbons (Fsp3) is 0.318. The van der Waals surface area contributed by atoms with Crippen LogP contribution in [0.2, 0.25) is 0 Å². The third-order valence-electron chi connectivity index (χ3n) is 5.46. The number of sulfonamides is 1. The van der Waals surface area contributed by atoms with Gasteiger partial charge in [-0.15, -0.1) is 0 Å². The number of benzene rings is 2. The molecule has 0 aliphatic heterocycles. The van der Waals surface area contributed by atoms with E-state index in [4.69, 9.17) is 0 Å². The summed E-state index contributed by atoms with van der Waals surface area (Å²) in [6.07, 6.45) is 2.77. The van der Waals surface area contributed by atoms with Crippen LogP contribution in [0.4, 0.5) is 5.69 Å². The zero-order chi connectivity index (χ0) is 20.1. The van der Waals surface area contributed by atoms with E-state index >= 15 is 0 Å². The van der Waals surface area contributed by atoms with Gasteiger partial charge in [0.15, 0.2) is 5.78 Å². The molecule has 1 aromatic heterocycles. The van der Waals surface area contributed by atoms with Crippen molar-refractivity contribution in [1.82, 2.24) is 4.98 Å². The SMILES string of the molecule is CCc1cc2c3c([nH]c2cc1S(=O)(=O)Nc1ccc(C)cc1C)CCCC3=O. The lowest BCUT2D eigenvalue weighted by atomic mass is 9.94. The van der Waals surface area contributed by atoms with Crippen molar-refractivity contribution in [2.45, 2.75) is 51.3 Å². The zero-order valence-electron chi connectivity index (χ0n) is 16.3. The van der Waals surface area contributed by atoms with Gasteiger partial charge in [-0.05, 0) is 62.4 Å². The van der Waals surface area contributed by atoms with Crippen LogP contribution in [0.1, 0.15) is 52.5 Å². The van der Waals surface area contributed by atoms with Crippen LogP contribution in [0.5, 0.6) is 0 Å². The Morgan fingerprint density at radius 1 is 1.11 bits per heavy atom. The molecule has 1 aliphatic carbocycles. The summed E-state index contributed by atoms with van der Waals surface area (Å²) in [5.74, 6) is 0.138. The highest BCUT2D eigenvalue weighted by Gasteiger charge is 2.26. The lowest BCUT2D eigenvalue weighted by Crippen LogP contribution is -2.16. The number of rotatable bonds is 4. The van der Waals surface area contributed by atoms with Crippen LogP contribution in [0.25, 0.3) is 10.9 Å². The molecule has 0 radical (unpaired) electrons. The molecule has 0 fully saturated rings. The molecule has 1 aliphatic rings. The van der Waals surface area contributed by atoms with E-state index < -0.39 is 10.0 Å². The minimum atomic E-state index is -3.75. The first-order valence-electron chi connectivity index (χ1n) is 9.61. The van der Waals surface area contributed by atoms with E-state index in [1.165, 1.54) is 0 Å². The molecule has 0 unspecified atom stereocenters. The second-order valence-electron chi connectivity index (χ2n) is 7.54. The number of nitrogens with one attached hydrogen (secondary N) is 2. The molecule has 0 atom stereocenters. The van der Waals surface area contributed by atoms with Crippen LogP contribution in [0, 0.1) is 13.8 Å². The Labute approximate surface area is 165 Å². The van der Waals surface area contributed by atoms with Crippen molar-refractivity contribution >= 4 is 32.4 Å². The standard InChI is InChI=1S/C22H24N2O3S/c1-4-15-11-16-19(23-18-6-5-7-20(25)22(16)18)12-21(15)28(26,27)24-17-9-8-13(2)10-14(17)3/h8-12,23-24H,4-7H2,1-3H3. The summed E-state index contributed by atoms with van der Waals surface area (Å²) in [5.41, 5.74) is 5.62. The van der Waals surface area contributed by atoms with Crippen LogP contribution < -0.4 is 4.72 Å². The van der Waals surface area contributed by atoms with E-state index in [-0.39, 0.29) is 10.7 Å². The Morgan fingerprint density at radius 3 is 2.61 bits per heavy atom. The fourth-order valence-corrected chi connectivity index (χ4v) is 5.48. The van der Waals surface area contributed by atoms with Crippen molar-refractivity contribution < 1.29 is 13.2 Å². The van der Waals surface area contributed by atoms with Crippen molar-refractivity contribution in [2.75, 3.05) is 4.72 Å². The molecule has 3 aromatic rings. The molecule has 0 bridgehead atoms. The summed E-state index contributed by atoms with van der Waals surface area (Å²) in [6, 6.07) is 9.17. The van der Waals surface area contributed by atoms with Gasteiger partial charge in [0, 0.05) is 28.6 Å². The maximum atomic E-state index is 13.2. The van der Waals surface area contributed by atoms with Gasteiger partial charge in [0.2, 0.25) is 0 Å². The van der Waals surface area contributed by atoms with E-state index in [9.17, 15) is 13.2 Å². The molecule has 2 N–H and O–H groups in total. The summed E-state index contributed by atoms with van der Waals surface area (Å²) in [5, 5.41) is 0.835. The Bertz CT molecular complexity index is 1210. The largest absolute Gasteiger partial charge is 0.358 e. The van der Waals surface area contributed by atoms with Crippen LogP contribution >= 0.6 is 0 Å². The van der Waals surface area contributed by atoms with Gasteiger partial charge in [-0.3, -0.25) is 9.52 Å². The number of anilines is 1. The second kappa shape index (κ2) is 6.78. The monoisotopic (exact) mass is 396 g/mol. The smallest absolute Gasteiger partial charge is 0.262 e. The third-order valence-corrected chi connectivity index (χ3v) is 6.91. The van der Waals surface area contributed by atoms with Crippen LogP contribution in [0.15, 0.2) is 35.2 Å². The summed E-state index contributed by atoms with van der Waals surface area (Å²) >= 11 is 0. The number of hydrogen-bond acceptors (Lipinski definition) is 3. The molecular formula is C22H24N2O3S. The molecule has 0 saturated carbocycles. The lowest BCUT2D eigenvalue weighted by Gasteiger charge is -2.14. The number of ketones is 1. The molecular weight excluding hydrogens is 372 g/mol. The van der Waals surface area contributed by atoms with Crippen molar-refractivity contribution in [3.8, 4) is 0 Å². The minimum Gasteiger partial charge on any atom is -0.358 e. The predicted molar refractivity (Wildman–Crippen MR) is 112 cm³/mol. The van der Waals surface area contributed by atoms with Gasteiger partial charge < -0.3 is 4.98 Å². The summed E-state index contributed by atoms with van der Waals surface area (Å²) in [4.78, 5) is 15.9. The number of hydrogen-bond donors (Lipinski definition) is 2. The normalized spacial score (nSPS) is 14.3. The van der Waals surface area contributed by atoms with E-state index in [2.05, 4.69) is 9.71 Å². The number of H-pyrrole nitrogens is 1. The first-order chi connectivity index (χ1) is 13.3. The van der Waals surface area contributed by atoms with Crippen molar-refractivity contribution in [2.24, 2.45) is 0 Å². The lowest BCUT2D eigenvalue weighted by molar-refractivity contribution is 0.0974. The van der Waals surface area contributed by atoms with Gasteiger partial charge in [0.1, 0.15) is 0 Å². The minimum absolute atomic E-state index is 0.138. The van der Waals surface area contributed by atoms with Crippen LogP contribution in [0.3, 0.4) is 0 Å². The van der Waals surface area contributed by atoms with E-state index in [0.29, 0.717) is 29.6 Å². The van der Waals surface area contributed by atoms with Crippen molar-refractivity contribution in [3.63, 3.8) is 0 Å². The molecule has 0 spiro atoms. The number of aromatic amines is 1. The van der Waals surface area contributed by atoms with Gasteiger partial charge in [0.05, 0.1) is 10.6 Å². The molecule has 146 valence electrons. The Morgan fingerprint density at radius 2 is 1.89 bits per heavy atom. The molecule has 0 saturated heterocycles. The molecule has 5 nitrogen and oxygen atoms in total. The molecule has 1 heterocycles. The number of fused-ring (bicyclic) bond motifs is 3. The van der Waals surface area contributed by atoms with Gasteiger partial charge in [0.25, 0.3) is 10.0 Å². The molecule has 2 aromatic carbocycles. The molecule has 4 rings (SSSR count). The highest BCUT2D eigenvalue weighted by Crippen LogP contribution is 2.33. The summed E-state index contributed by atoms with van der Waals surface area (Å²) < 4.78 is 29.1. The average molecular weight is 397 g/mol. The number of carbonyl (C=O) groups excluding carboxylic acids is 1. The Kier molecular flexibility index (Phi) is 4.54. The second-order valence-corrected chi connectivity index (χ2v) is 9.19. The first kappa shape index (κ1) is 18.7. The highest BCUT2D eigenvalue weighted by molar-refractivity contribution is 7.92. The third kappa shape index (κ3) is 3.11. The van der Waals surface area contributed by atoms with E-state index in [0.717, 1.165) is 40.6 Å². The Balaban J connectivity index is 1.84. The zero-order valence-corrected chi connectivity index (χ0v) is 17.2. The van der Waals surface area contributed by atoms with Gasteiger partial charge >= 0.3 is 0 Å². The van der Waals surface area contributed by atoms with Crippen molar-refractivity contribution in [3.05, 3.63) is 58.3 Å². The maximum absolute atomic E-state index is 13.2. The van der Waals surface area contributed by atoms with Gasteiger partial charge in [-0.2, -0.15) is 0 Å². The summed E-state index contributed by atoms with van der Waals surface area (Å²) in [7, 11) is -3.75. The fourth-order valence-electron chi connectivity index (χ4n) is 4.03. The summed E-state index contributed by atoms with van der Waals surface area (Å²) in [6.45, 7) is 5.79. The Hall–Kier alpha value is -2.60. The quantitative estimate of drug-likeness (QED) is 0.673.